The van der Waals surface area contributed by atoms with Crippen LogP contribution in [0.25, 0.3) is 22.0 Å². The van der Waals surface area contributed by atoms with E-state index in [1.165, 1.54) is 0 Å². The van der Waals surface area contributed by atoms with E-state index < -0.39 is 0 Å². The minimum Gasteiger partial charge on any atom is -0.369 e. The number of amides is 2. The van der Waals surface area contributed by atoms with Crippen LogP contribution in [-0.2, 0) is 15.0 Å². The van der Waals surface area contributed by atoms with Gasteiger partial charge in [-0.15, -0.1) is 0 Å². The van der Waals surface area contributed by atoms with E-state index in [0.29, 0.717) is 31.1 Å². The van der Waals surface area contributed by atoms with Crippen LogP contribution in [0, 0.1) is 5.92 Å². The van der Waals surface area contributed by atoms with Crippen LogP contribution < -0.4 is 16.0 Å². The summed E-state index contributed by atoms with van der Waals surface area (Å²) in [7, 11) is 1.96. The SMILES string of the molecule is CN1CCN(c2cccc3c(-c4cnc5c(c4Cl)[C@@]4(CC[C@H](C(N)=O)C4)CN5)c[nH]c23)C(=O)C1. The molecule has 1 spiro atoms. The third-order valence-corrected chi connectivity index (χ3v) is 8.23. The second-order valence-electron chi connectivity index (χ2n) is 9.87. The summed E-state index contributed by atoms with van der Waals surface area (Å²) in [6.45, 7) is 2.61. The van der Waals surface area contributed by atoms with Crippen molar-refractivity contribution in [3.05, 3.63) is 41.2 Å². The van der Waals surface area contributed by atoms with Crippen LogP contribution in [0.2, 0.25) is 5.02 Å². The molecule has 8 nitrogen and oxygen atoms in total. The summed E-state index contributed by atoms with van der Waals surface area (Å²) in [5.74, 6) is 0.507. The van der Waals surface area contributed by atoms with E-state index in [-0.39, 0.29) is 23.1 Å². The van der Waals surface area contributed by atoms with Gasteiger partial charge in [-0.2, -0.15) is 0 Å². The Balaban J connectivity index is 1.43. The highest BCUT2D eigenvalue weighted by atomic mass is 35.5. The number of nitrogens with two attached hydrogens (primary N) is 1. The van der Waals surface area contributed by atoms with Crippen molar-refractivity contribution in [1.29, 1.82) is 0 Å². The fourth-order valence-corrected chi connectivity index (χ4v) is 6.47. The second kappa shape index (κ2) is 7.71. The van der Waals surface area contributed by atoms with Gasteiger partial charge < -0.3 is 20.9 Å². The monoisotopic (exact) mass is 478 g/mol. The van der Waals surface area contributed by atoms with Gasteiger partial charge in [0.2, 0.25) is 11.8 Å². The van der Waals surface area contributed by atoms with Crippen LogP contribution in [0.15, 0.2) is 30.6 Å². The molecule has 1 saturated carbocycles. The Morgan fingerprint density at radius 2 is 2.15 bits per heavy atom. The molecule has 1 aromatic carbocycles. The zero-order valence-electron chi connectivity index (χ0n) is 19.0. The van der Waals surface area contributed by atoms with Crippen LogP contribution in [0.3, 0.4) is 0 Å². The van der Waals surface area contributed by atoms with Crippen LogP contribution in [0.4, 0.5) is 11.5 Å². The van der Waals surface area contributed by atoms with Gasteiger partial charge in [0.15, 0.2) is 0 Å². The third-order valence-electron chi connectivity index (χ3n) is 7.84. The van der Waals surface area contributed by atoms with E-state index in [1.54, 1.807) is 0 Å². The molecule has 9 heteroatoms. The number of aromatic amines is 1. The van der Waals surface area contributed by atoms with E-state index in [9.17, 15) is 9.59 Å². The second-order valence-corrected chi connectivity index (χ2v) is 10.2. The smallest absolute Gasteiger partial charge is 0.241 e. The maximum absolute atomic E-state index is 12.7. The average molecular weight is 479 g/mol. The fraction of sp³-hybridized carbons (Fsp3) is 0.400. The summed E-state index contributed by atoms with van der Waals surface area (Å²) in [4.78, 5) is 36.6. The lowest BCUT2D eigenvalue weighted by Gasteiger charge is -2.32. The third kappa shape index (κ3) is 3.12. The first-order valence-electron chi connectivity index (χ1n) is 11.7. The molecule has 34 heavy (non-hydrogen) atoms. The highest BCUT2D eigenvalue weighted by Crippen LogP contribution is 2.53. The number of carbonyl (C=O) groups is 2. The van der Waals surface area contributed by atoms with Gasteiger partial charge in [-0.05, 0) is 32.4 Å². The van der Waals surface area contributed by atoms with Crippen molar-refractivity contribution in [3.8, 4) is 11.1 Å². The molecule has 3 aromatic rings. The Hall–Kier alpha value is -3.10. The van der Waals surface area contributed by atoms with E-state index in [2.05, 4.69) is 10.3 Å². The number of aromatic nitrogens is 2. The minimum absolute atomic E-state index is 0.0906. The van der Waals surface area contributed by atoms with Crippen LogP contribution in [-0.4, -0.2) is 59.9 Å². The van der Waals surface area contributed by atoms with E-state index in [1.807, 2.05) is 47.4 Å². The summed E-state index contributed by atoms with van der Waals surface area (Å²) < 4.78 is 0. The molecule has 0 radical (unpaired) electrons. The Bertz CT molecular complexity index is 1340. The standard InChI is InChI=1S/C25H27ClN6O2/c1-31-7-8-32(19(33)12-31)18-4-2-3-15-16(10-28-22(15)18)17-11-29-24-20(21(17)26)25(13-30-24)6-5-14(9-25)23(27)34/h2-4,10-11,14,28H,5-9,12-13H2,1H3,(H2,27,34)(H,29,30)/t14-,25+/m0/s1. The van der Waals surface area contributed by atoms with Gasteiger partial charge in [-0.1, -0.05) is 23.7 Å². The number of primary amides is 1. The molecule has 2 amide bonds. The molecule has 0 unspecified atom stereocenters. The number of likely N-dealkylation sites (N-methyl/N-ethyl adjacent to an activating group) is 1. The topological polar surface area (TPSA) is 107 Å². The van der Waals surface area contributed by atoms with Crippen molar-refractivity contribution in [1.82, 2.24) is 14.9 Å². The molecule has 4 N–H and O–H groups in total. The van der Waals surface area contributed by atoms with Gasteiger partial charge >= 0.3 is 0 Å². The molecule has 176 valence electrons. The molecule has 4 heterocycles. The Morgan fingerprint density at radius 3 is 2.91 bits per heavy atom. The molecule has 1 aliphatic carbocycles. The maximum Gasteiger partial charge on any atom is 0.241 e. The summed E-state index contributed by atoms with van der Waals surface area (Å²) in [5.41, 5.74) is 9.99. The molecule has 2 aromatic heterocycles. The van der Waals surface area contributed by atoms with Crippen molar-refractivity contribution in [2.45, 2.75) is 24.7 Å². The number of piperazine rings is 1. The normalized spacial score (nSPS) is 24.7. The highest BCUT2D eigenvalue weighted by Gasteiger charge is 2.48. The van der Waals surface area contributed by atoms with Crippen molar-refractivity contribution >= 4 is 45.8 Å². The van der Waals surface area contributed by atoms with Gasteiger partial charge in [0.1, 0.15) is 5.82 Å². The van der Waals surface area contributed by atoms with Gasteiger partial charge in [0, 0.05) is 65.4 Å². The number of halogens is 1. The largest absolute Gasteiger partial charge is 0.369 e. The molecule has 2 atom stereocenters. The highest BCUT2D eigenvalue weighted by molar-refractivity contribution is 6.35. The summed E-state index contributed by atoms with van der Waals surface area (Å²) >= 11 is 7.09. The zero-order valence-corrected chi connectivity index (χ0v) is 19.8. The summed E-state index contributed by atoms with van der Waals surface area (Å²) in [6, 6.07) is 6.00. The van der Waals surface area contributed by atoms with Crippen molar-refractivity contribution < 1.29 is 9.59 Å². The Kier molecular flexibility index (Phi) is 4.86. The van der Waals surface area contributed by atoms with E-state index in [4.69, 9.17) is 22.3 Å². The number of fused-ring (bicyclic) bond motifs is 3. The molecule has 2 aliphatic heterocycles. The van der Waals surface area contributed by atoms with E-state index in [0.717, 1.165) is 58.5 Å². The van der Waals surface area contributed by atoms with E-state index >= 15 is 0 Å². The number of carbonyl (C=O) groups excluding carboxylic acids is 2. The van der Waals surface area contributed by atoms with Crippen LogP contribution in [0.5, 0.6) is 0 Å². The molecular formula is C25H27ClN6O2. The van der Waals surface area contributed by atoms with Crippen LogP contribution >= 0.6 is 11.6 Å². The summed E-state index contributed by atoms with van der Waals surface area (Å²) in [6.07, 6.45) is 6.07. The first kappa shape index (κ1) is 21.4. The van der Waals surface area contributed by atoms with Crippen LogP contribution in [0.1, 0.15) is 24.8 Å². The lowest BCUT2D eigenvalue weighted by Crippen LogP contribution is -2.49. The minimum atomic E-state index is -0.242. The number of pyridine rings is 1. The fourth-order valence-electron chi connectivity index (χ4n) is 6.02. The number of para-hydroxylation sites is 1. The lowest BCUT2D eigenvalue weighted by atomic mass is 9.80. The number of nitrogens with one attached hydrogen (secondary N) is 2. The average Bonchev–Trinajstić information content (AvgIpc) is 3.52. The molecule has 1 saturated heterocycles. The van der Waals surface area contributed by atoms with Gasteiger partial charge in [0.25, 0.3) is 0 Å². The predicted molar refractivity (Wildman–Crippen MR) is 133 cm³/mol. The molecule has 2 fully saturated rings. The molecule has 0 bridgehead atoms. The lowest BCUT2D eigenvalue weighted by molar-refractivity contribution is -0.122. The predicted octanol–water partition coefficient (Wildman–Crippen LogP) is 3.11. The molecule has 3 aliphatic rings. The number of hydrogen-bond donors (Lipinski definition) is 3. The van der Waals surface area contributed by atoms with Gasteiger partial charge in [-0.25, -0.2) is 4.98 Å². The molecular weight excluding hydrogens is 452 g/mol. The number of anilines is 2. The number of hydrogen-bond acceptors (Lipinski definition) is 5. The maximum atomic E-state index is 12.7. The number of benzene rings is 1. The van der Waals surface area contributed by atoms with Crippen molar-refractivity contribution in [2.24, 2.45) is 11.7 Å². The Morgan fingerprint density at radius 1 is 1.29 bits per heavy atom. The zero-order chi connectivity index (χ0) is 23.6. The Labute approximate surface area is 202 Å². The number of H-pyrrole nitrogens is 1. The molecule has 6 rings (SSSR count). The first-order valence-corrected chi connectivity index (χ1v) is 12.1. The number of rotatable bonds is 3. The quantitative estimate of drug-likeness (QED) is 0.536. The van der Waals surface area contributed by atoms with Gasteiger partial charge in [-0.3, -0.25) is 14.5 Å². The number of nitrogens with zero attached hydrogens (tertiary/aromatic N) is 3. The van der Waals surface area contributed by atoms with Crippen molar-refractivity contribution in [2.75, 3.05) is 43.4 Å². The van der Waals surface area contributed by atoms with Crippen molar-refractivity contribution in [3.63, 3.8) is 0 Å². The van der Waals surface area contributed by atoms with Gasteiger partial charge in [0.05, 0.1) is 22.8 Å². The summed E-state index contributed by atoms with van der Waals surface area (Å²) in [5, 5.41) is 5.06. The first-order chi connectivity index (χ1) is 16.4.